The van der Waals surface area contributed by atoms with E-state index < -0.39 is 10.0 Å². The molecular weight excluding hydrogens is 372 g/mol. The van der Waals surface area contributed by atoms with Gasteiger partial charge in [-0.3, -0.25) is 4.79 Å². The van der Waals surface area contributed by atoms with Gasteiger partial charge in [0.15, 0.2) is 0 Å². The molecule has 0 atom stereocenters. The van der Waals surface area contributed by atoms with Gasteiger partial charge in [0.05, 0.1) is 4.90 Å². The summed E-state index contributed by atoms with van der Waals surface area (Å²) in [6.45, 7) is 5.37. The zero-order valence-corrected chi connectivity index (χ0v) is 17.3. The third-order valence-electron chi connectivity index (χ3n) is 5.15. The molecule has 6 heteroatoms. The maximum Gasteiger partial charge on any atom is 0.255 e. The lowest BCUT2D eigenvalue weighted by atomic mass is 10.0. The SMILES string of the molecule is CC(C)c1ccc(NC(=O)c2ccc(S(=O)(=O)N3CCCCCC3)cc2)cc1. The van der Waals surface area contributed by atoms with Gasteiger partial charge in [0.2, 0.25) is 10.0 Å². The average molecular weight is 401 g/mol. The first-order valence-corrected chi connectivity index (χ1v) is 11.3. The molecule has 0 unspecified atom stereocenters. The molecule has 0 saturated carbocycles. The molecule has 0 bridgehead atoms. The maximum absolute atomic E-state index is 12.8. The first kappa shape index (κ1) is 20.6. The summed E-state index contributed by atoms with van der Waals surface area (Å²) in [5, 5.41) is 2.86. The second-order valence-electron chi connectivity index (χ2n) is 7.57. The Balaban J connectivity index is 1.70. The Kier molecular flexibility index (Phi) is 6.52. The van der Waals surface area contributed by atoms with E-state index in [2.05, 4.69) is 19.2 Å². The largest absolute Gasteiger partial charge is 0.322 e. The first-order chi connectivity index (χ1) is 13.4. The standard InChI is InChI=1S/C22H28N2O3S/c1-17(2)18-7-11-20(12-8-18)23-22(25)19-9-13-21(14-10-19)28(26,27)24-15-5-3-4-6-16-24/h7-14,17H,3-6,15-16H2,1-2H3,(H,23,25). The number of nitrogens with zero attached hydrogens (tertiary/aromatic N) is 1. The Labute approximate surface area is 167 Å². The van der Waals surface area contributed by atoms with Crippen LogP contribution in [0.4, 0.5) is 5.69 Å². The number of carbonyl (C=O) groups excluding carboxylic acids is 1. The van der Waals surface area contributed by atoms with Gasteiger partial charge in [0.25, 0.3) is 5.91 Å². The molecule has 1 amide bonds. The van der Waals surface area contributed by atoms with Gasteiger partial charge >= 0.3 is 0 Å². The van der Waals surface area contributed by atoms with Crippen LogP contribution in [0.15, 0.2) is 53.4 Å². The van der Waals surface area contributed by atoms with Crippen LogP contribution in [0.2, 0.25) is 0 Å². The quantitative estimate of drug-likeness (QED) is 0.796. The molecule has 0 spiro atoms. The Hall–Kier alpha value is -2.18. The summed E-state index contributed by atoms with van der Waals surface area (Å²) in [7, 11) is -3.50. The average Bonchev–Trinajstić information content (AvgIpc) is 2.98. The van der Waals surface area contributed by atoms with E-state index in [-0.39, 0.29) is 10.8 Å². The summed E-state index contributed by atoms with van der Waals surface area (Å²) in [5.41, 5.74) is 2.36. The van der Waals surface area contributed by atoms with E-state index in [1.807, 2.05) is 24.3 Å². The summed E-state index contributed by atoms with van der Waals surface area (Å²) in [6, 6.07) is 13.9. The molecule has 1 heterocycles. The molecule has 1 saturated heterocycles. The Bertz CT molecular complexity index is 896. The molecule has 1 aliphatic heterocycles. The predicted molar refractivity (Wildman–Crippen MR) is 112 cm³/mol. The molecule has 3 rings (SSSR count). The van der Waals surface area contributed by atoms with Gasteiger partial charge in [-0.15, -0.1) is 0 Å². The number of hydrogen-bond donors (Lipinski definition) is 1. The van der Waals surface area contributed by atoms with Crippen LogP contribution in [-0.4, -0.2) is 31.7 Å². The van der Waals surface area contributed by atoms with Gasteiger partial charge in [-0.2, -0.15) is 4.31 Å². The van der Waals surface area contributed by atoms with Crippen LogP contribution in [0.5, 0.6) is 0 Å². The van der Waals surface area contributed by atoms with E-state index in [1.54, 1.807) is 16.4 Å². The Morgan fingerprint density at radius 2 is 1.46 bits per heavy atom. The van der Waals surface area contributed by atoms with E-state index in [1.165, 1.54) is 17.7 Å². The van der Waals surface area contributed by atoms with Crippen LogP contribution in [0.25, 0.3) is 0 Å². The second-order valence-corrected chi connectivity index (χ2v) is 9.51. The number of rotatable bonds is 5. The molecule has 0 radical (unpaired) electrons. The van der Waals surface area contributed by atoms with E-state index in [4.69, 9.17) is 0 Å². The zero-order valence-electron chi connectivity index (χ0n) is 16.5. The van der Waals surface area contributed by atoms with Crippen LogP contribution in [-0.2, 0) is 10.0 Å². The Morgan fingerprint density at radius 1 is 0.893 bits per heavy atom. The highest BCUT2D eigenvalue weighted by Crippen LogP contribution is 2.21. The summed E-state index contributed by atoms with van der Waals surface area (Å²) in [5.74, 6) is 0.180. The van der Waals surface area contributed by atoms with Crippen LogP contribution in [0.1, 0.15) is 61.4 Å². The van der Waals surface area contributed by atoms with Crippen molar-refractivity contribution in [2.75, 3.05) is 18.4 Å². The number of benzene rings is 2. The molecule has 2 aromatic carbocycles. The molecule has 5 nitrogen and oxygen atoms in total. The van der Waals surface area contributed by atoms with E-state index >= 15 is 0 Å². The normalized spacial score (nSPS) is 16.0. The zero-order chi connectivity index (χ0) is 20.1. The highest BCUT2D eigenvalue weighted by Gasteiger charge is 2.25. The predicted octanol–water partition coefficient (Wildman–Crippen LogP) is 4.63. The fourth-order valence-electron chi connectivity index (χ4n) is 3.36. The Morgan fingerprint density at radius 3 is 2.00 bits per heavy atom. The molecule has 1 fully saturated rings. The summed E-state index contributed by atoms with van der Waals surface area (Å²) in [4.78, 5) is 12.7. The third kappa shape index (κ3) is 4.80. The summed E-state index contributed by atoms with van der Waals surface area (Å²) in [6.07, 6.45) is 3.94. The lowest BCUT2D eigenvalue weighted by molar-refractivity contribution is 0.102. The van der Waals surface area contributed by atoms with Crippen molar-refractivity contribution < 1.29 is 13.2 Å². The fraction of sp³-hybridized carbons (Fsp3) is 0.409. The molecule has 1 N–H and O–H groups in total. The van der Waals surface area contributed by atoms with Crippen molar-refractivity contribution in [2.24, 2.45) is 0 Å². The van der Waals surface area contributed by atoms with Crippen LogP contribution >= 0.6 is 0 Å². The van der Waals surface area contributed by atoms with Crippen molar-refractivity contribution in [1.29, 1.82) is 0 Å². The second kappa shape index (κ2) is 8.88. The van der Waals surface area contributed by atoms with Gasteiger partial charge in [-0.25, -0.2) is 8.42 Å². The summed E-state index contributed by atoms with van der Waals surface area (Å²) < 4.78 is 27.2. The fourth-order valence-corrected chi connectivity index (χ4v) is 4.88. The minimum atomic E-state index is -3.50. The number of hydrogen-bond acceptors (Lipinski definition) is 3. The van der Waals surface area contributed by atoms with Crippen LogP contribution < -0.4 is 5.32 Å². The molecule has 150 valence electrons. The van der Waals surface area contributed by atoms with Crippen molar-refractivity contribution in [2.45, 2.75) is 50.3 Å². The van der Waals surface area contributed by atoms with Gasteiger partial charge in [0.1, 0.15) is 0 Å². The number of carbonyl (C=O) groups is 1. The number of amides is 1. The molecule has 0 aliphatic carbocycles. The van der Waals surface area contributed by atoms with Crippen molar-refractivity contribution in [3.05, 3.63) is 59.7 Å². The number of nitrogens with one attached hydrogen (secondary N) is 1. The van der Waals surface area contributed by atoms with E-state index in [0.29, 0.717) is 24.6 Å². The van der Waals surface area contributed by atoms with Gasteiger partial charge < -0.3 is 5.32 Å². The van der Waals surface area contributed by atoms with Crippen LogP contribution in [0.3, 0.4) is 0 Å². The lowest BCUT2D eigenvalue weighted by Gasteiger charge is -2.20. The first-order valence-electron chi connectivity index (χ1n) is 9.89. The highest BCUT2D eigenvalue weighted by molar-refractivity contribution is 7.89. The van der Waals surface area contributed by atoms with E-state index in [9.17, 15) is 13.2 Å². The van der Waals surface area contributed by atoms with Gasteiger partial charge in [-0.1, -0.05) is 38.8 Å². The van der Waals surface area contributed by atoms with Gasteiger partial charge in [-0.05, 0) is 60.7 Å². The monoisotopic (exact) mass is 400 g/mol. The number of anilines is 1. The molecule has 1 aliphatic rings. The molecule has 0 aromatic heterocycles. The molecular formula is C22H28N2O3S. The molecule has 2 aromatic rings. The van der Waals surface area contributed by atoms with Crippen molar-refractivity contribution in [3.63, 3.8) is 0 Å². The van der Waals surface area contributed by atoms with Crippen LogP contribution in [0, 0.1) is 0 Å². The van der Waals surface area contributed by atoms with Crippen molar-refractivity contribution in [1.82, 2.24) is 4.31 Å². The van der Waals surface area contributed by atoms with Gasteiger partial charge in [0, 0.05) is 24.3 Å². The minimum absolute atomic E-state index is 0.243. The highest BCUT2D eigenvalue weighted by atomic mass is 32.2. The molecule has 28 heavy (non-hydrogen) atoms. The minimum Gasteiger partial charge on any atom is -0.322 e. The van der Waals surface area contributed by atoms with Crippen molar-refractivity contribution >= 4 is 21.6 Å². The lowest BCUT2D eigenvalue weighted by Crippen LogP contribution is -2.31. The topological polar surface area (TPSA) is 66.5 Å². The smallest absolute Gasteiger partial charge is 0.255 e. The van der Waals surface area contributed by atoms with E-state index in [0.717, 1.165) is 31.4 Å². The van der Waals surface area contributed by atoms with Crippen molar-refractivity contribution in [3.8, 4) is 0 Å². The maximum atomic E-state index is 12.8. The number of sulfonamides is 1. The third-order valence-corrected chi connectivity index (χ3v) is 7.07. The summed E-state index contributed by atoms with van der Waals surface area (Å²) >= 11 is 0.